The van der Waals surface area contributed by atoms with Crippen LogP contribution in [0.4, 0.5) is 4.79 Å². The van der Waals surface area contributed by atoms with Crippen molar-refractivity contribution in [2.75, 3.05) is 6.61 Å². The highest BCUT2D eigenvalue weighted by Gasteiger charge is 2.22. The van der Waals surface area contributed by atoms with Crippen LogP contribution in [0.25, 0.3) is 0 Å². The van der Waals surface area contributed by atoms with Gasteiger partial charge in [0.2, 0.25) is 0 Å². The topological polar surface area (TPSA) is 38.3 Å². The Kier molecular flexibility index (Phi) is 3.17. The number of amides is 1. The summed E-state index contributed by atoms with van der Waals surface area (Å²) in [6, 6.07) is 5.58. The van der Waals surface area contributed by atoms with Crippen LogP contribution in [0.15, 0.2) is 22.7 Å². The molecule has 80 valence electrons. The van der Waals surface area contributed by atoms with E-state index in [1.807, 2.05) is 18.2 Å². The maximum Gasteiger partial charge on any atom is 0.407 e. The molecule has 1 fully saturated rings. The Labute approximate surface area is 101 Å². The maximum absolute atomic E-state index is 11.0. The molecule has 0 spiro atoms. The molecule has 1 saturated heterocycles. The van der Waals surface area contributed by atoms with Crippen LogP contribution in [0, 0.1) is 0 Å². The van der Waals surface area contributed by atoms with Crippen molar-refractivity contribution in [1.29, 1.82) is 0 Å². The van der Waals surface area contributed by atoms with Crippen molar-refractivity contribution in [3.05, 3.63) is 33.3 Å². The molecule has 15 heavy (non-hydrogen) atoms. The van der Waals surface area contributed by atoms with Crippen LogP contribution in [0.2, 0.25) is 5.02 Å². The number of cyclic esters (lactones) is 1. The molecule has 1 N–H and O–H groups in total. The second kappa shape index (κ2) is 4.41. The molecule has 3 nitrogen and oxygen atoms in total. The lowest BCUT2D eigenvalue weighted by Crippen LogP contribution is -2.35. The van der Waals surface area contributed by atoms with Crippen LogP contribution in [0.5, 0.6) is 0 Å². The van der Waals surface area contributed by atoms with Gasteiger partial charge in [-0.1, -0.05) is 33.6 Å². The minimum absolute atomic E-state index is 0.0492. The molecule has 1 aliphatic heterocycles. The van der Waals surface area contributed by atoms with Gasteiger partial charge in [0.05, 0.1) is 12.6 Å². The molecule has 0 bridgehead atoms. The number of benzene rings is 1. The molecule has 0 unspecified atom stereocenters. The molecular weight excluding hydrogens is 281 g/mol. The molecule has 5 heteroatoms. The zero-order chi connectivity index (χ0) is 10.8. The summed E-state index contributed by atoms with van der Waals surface area (Å²) in [7, 11) is 0. The summed E-state index contributed by atoms with van der Waals surface area (Å²) in [6.45, 7) is 0.433. The summed E-state index contributed by atoms with van der Waals surface area (Å²) in [4.78, 5) is 11.0. The zero-order valence-electron chi connectivity index (χ0n) is 7.80. The molecule has 1 amide bonds. The fourth-order valence-corrected chi connectivity index (χ4v) is 2.35. The average molecular weight is 291 g/mol. The van der Waals surface area contributed by atoms with Crippen LogP contribution in [0.1, 0.15) is 18.0 Å². The molecular formula is C10H9BrClNO2. The lowest BCUT2D eigenvalue weighted by Gasteiger charge is -2.24. The Morgan fingerprint density at radius 1 is 1.53 bits per heavy atom. The third kappa shape index (κ3) is 2.44. The quantitative estimate of drug-likeness (QED) is 0.862. The number of alkyl carbamates (subject to hydrolysis) is 1. The first kappa shape index (κ1) is 10.8. The number of ether oxygens (including phenoxy) is 1. The van der Waals surface area contributed by atoms with Gasteiger partial charge in [-0.25, -0.2) is 4.79 Å². The summed E-state index contributed by atoms with van der Waals surface area (Å²) in [5.41, 5.74) is 0.927. The number of hydrogen-bond donors (Lipinski definition) is 1. The van der Waals surface area contributed by atoms with E-state index in [4.69, 9.17) is 16.3 Å². The van der Waals surface area contributed by atoms with Crippen molar-refractivity contribution in [1.82, 2.24) is 5.32 Å². The number of rotatable bonds is 1. The van der Waals surface area contributed by atoms with Crippen molar-refractivity contribution in [2.24, 2.45) is 0 Å². The van der Waals surface area contributed by atoms with Gasteiger partial charge in [0.1, 0.15) is 0 Å². The fourth-order valence-electron chi connectivity index (χ4n) is 1.54. The van der Waals surface area contributed by atoms with Crippen LogP contribution >= 0.6 is 27.5 Å². The largest absolute Gasteiger partial charge is 0.449 e. The molecule has 0 aliphatic carbocycles. The first-order valence-electron chi connectivity index (χ1n) is 4.55. The highest BCUT2D eigenvalue weighted by atomic mass is 79.9. The Hall–Kier alpha value is -0.740. The van der Waals surface area contributed by atoms with E-state index in [1.165, 1.54) is 0 Å². The predicted molar refractivity (Wildman–Crippen MR) is 61.0 cm³/mol. The molecule has 1 aliphatic rings. The van der Waals surface area contributed by atoms with E-state index in [0.717, 1.165) is 16.5 Å². The summed E-state index contributed by atoms with van der Waals surface area (Å²) in [6.07, 6.45) is 0.359. The average Bonchev–Trinajstić information content (AvgIpc) is 2.17. The summed E-state index contributed by atoms with van der Waals surface area (Å²) < 4.78 is 5.72. The molecule has 1 aromatic rings. The van der Waals surface area contributed by atoms with Crippen molar-refractivity contribution >= 4 is 33.6 Å². The number of halogens is 2. The number of carbonyl (C=O) groups excluding carboxylic acids is 1. The third-order valence-electron chi connectivity index (χ3n) is 2.27. The smallest absolute Gasteiger partial charge is 0.407 e. The Bertz CT molecular complexity index is 397. The second-order valence-corrected chi connectivity index (χ2v) is 4.61. The first-order chi connectivity index (χ1) is 7.16. The molecule has 0 saturated carbocycles. The van der Waals surface area contributed by atoms with E-state index in [0.29, 0.717) is 11.6 Å². The van der Waals surface area contributed by atoms with E-state index < -0.39 is 0 Å². The highest BCUT2D eigenvalue weighted by molar-refractivity contribution is 9.10. The van der Waals surface area contributed by atoms with Gasteiger partial charge in [0.15, 0.2) is 0 Å². The summed E-state index contributed by atoms with van der Waals surface area (Å²) in [5.74, 6) is 0. The van der Waals surface area contributed by atoms with E-state index in [1.54, 1.807) is 0 Å². The van der Waals surface area contributed by atoms with Crippen LogP contribution in [-0.2, 0) is 4.74 Å². The lowest BCUT2D eigenvalue weighted by molar-refractivity contribution is 0.115. The minimum atomic E-state index is -0.384. The number of nitrogens with one attached hydrogen (secondary N) is 1. The Balaban J connectivity index is 2.24. The number of carbonyl (C=O) groups is 1. The van der Waals surface area contributed by atoms with Gasteiger partial charge in [-0.2, -0.15) is 0 Å². The van der Waals surface area contributed by atoms with Crippen molar-refractivity contribution in [3.63, 3.8) is 0 Å². The molecule has 0 aromatic heterocycles. The van der Waals surface area contributed by atoms with Crippen LogP contribution < -0.4 is 5.32 Å². The first-order valence-corrected chi connectivity index (χ1v) is 5.72. The van der Waals surface area contributed by atoms with Gasteiger partial charge in [0.25, 0.3) is 0 Å². The van der Waals surface area contributed by atoms with Crippen molar-refractivity contribution in [2.45, 2.75) is 12.5 Å². The Morgan fingerprint density at radius 3 is 3.00 bits per heavy atom. The minimum Gasteiger partial charge on any atom is -0.449 e. The third-order valence-corrected chi connectivity index (χ3v) is 3.09. The van der Waals surface area contributed by atoms with E-state index in [9.17, 15) is 4.79 Å². The van der Waals surface area contributed by atoms with Crippen LogP contribution in [-0.4, -0.2) is 12.7 Å². The van der Waals surface area contributed by atoms with Gasteiger partial charge >= 0.3 is 6.09 Å². The van der Waals surface area contributed by atoms with Gasteiger partial charge in [-0.3, -0.25) is 0 Å². The molecule has 0 radical (unpaired) electrons. The Morgan fingerprint density at radius 2 is 2.33 bits per heavy atom. The molecule has 1 aromatic carbocycles. The summed E-state index contributed by atoms with van der Waals surface area (Å²) in [5, 5.41) is 3.38. The van der Waals surface area contributed by atoms with E-state index in [2.05, 4.69) is 21.2 Å². The van der Waals surface area contributed by atoms with Gasteiger partial charge in [-0.15, -0.1) is 0 Å². The molecule has 2 rings (SSSR count). The van der Waals surface area contributed by atoms with Gasteiger partial charge in [0, 0.05) is 15.9 Å². The van der Waals surface area contributed by atoms with Crippen LogP contribution in [0.3, 0.4) is 0 Å². The van der Waals surface area contributed by atoms with Gasteiger partial charge < -0.3 is 10.1 Å². The predicted octanol–water partition coefficient (Wildman–Crippen LogP) is 3.27. The fraction of sp³-hybridized carbons (Fsp3) is 0.300. The SMILES string of the molecule is O=C1N[C@H](c2ccc(Br)cc2Cl)CCO1. The van der Waals surface area contributed by atoms with Crippen molar-refractivity contribution in [3.8, 4) is 0 Å². The summed E-state index contributed by atoms with van der Waals surface area (Å²) >= 11 is 9.42. The molecule has 1 heterocycles. The van der Waals surface area contributed by atoms with Gasteiger partial charge in [-0.05, 0) is 17.7 Å². The monoisotopic (exact) mass is 289 g/mol. The lowest BCUT2D eigenvalue weighted by atomic mass is 10.0. The normalized spacial score (nSPS) is 20.7. The maximum atomic E-state index is 11.0. The second-order valence-electron chi connectivity index (χ2n) is 3.29. The van der Waals surface area contributed by atoms with Crippen molar-refractivity contribution < 1.29 is 9.53 Å². The van der Waals surface area contributed by atoms with E-state index >= 15 is 0 Å². The standard InChI is InChI=1S/C10H9BrClNO2/c11-6-1-2-7(8(12)5-6)9-3-4-15-10(14)13-9/h1-2,5,9H,3-4H2,(H,13,14)/t9-/m0/s1. The molecule has 1 atom stereocenters. The van der Waals surface area contributed by atoms with E-state index in [-0.39, 0.29) is 12.1 Å². The zero-order valence-corrected chi connectivity index (χ0v) is 10.1. The highest BCUT2D eigenvalue weighted by Crippen LogP contribution is 2.29. The number of hydrogen-bond acceptors (Lipinski definition) is 2.